The van der Waals surface area contributed by atoms with E-state index in [2.05, 4.69) is 4.98 Å². The number of ether oxygens (including phenoxy) is 3. The van der Waals surface area contributed by atoms with Gasteiger partial charge in [0.1, 0.15) is 11.9 Å². The van der Waals surface area contributed by atoms with Crippen LogP contribution in [0.25, 0.3) is 16.3 Å². The van der Waals surface area contributed by atoms with Crippen LogP contribution < -0.4 is 14.2 Å². The van der Waals surface area contributed by atoms with E-state index in [0.29, 0.717) is 29.8 Å². The third kappa shape index (κ3) is 4.96. The van der Waals surface area contributed by atoms with Gasteiger partial charge in [-0.1, -0.05) is 17.4 Å². The maximum absolute atomic E-state index is 13.3. The van der Waals surface area contributed by atoms with Crippen LogP contribution in [0, 0.1) is 5.82 Å². The normalized spacial score (nSPS) is 14.9. The van der Waals surface area contributed by atoms with Gasteiger partial charge in [0.2, 0.25) is 5.91 Å². The second-order valence-corrected chi connectivity index (χ2v) is 8.18. The Morgan fingerprint density at radius 2 is 1.90 bits per heavy atom. The Bertz CT molecular complexity index is 1110. The van der Waals surface area contributed by atoms with Crippen molar-refractivity contribution in [3.63, 3.8) is 0 Å². The first-order valence-electron chi connectivity index (χ1n) is 9.97. The minimum Gasteiger partial charge on any atom is -0.493 e. The van der Waals surface area contributed by atoms with Crippen LogP contribution in [0.3, 0.4) is 0 Å². The lowest BCUT2D eigenvalue weighted by Crippen LogP contribution is -2.41. The van der Waals surface area contributed by atoms with Gasteiger partial charge in [-0.25, -0.2) is 9.37 Å². The summed E-state index contributed by atoms with van der Waals surface area (Å²) in [6.45, 7) is 1.22. The fourth-order valence-electron chi connectivity index (χ4n) is 3.49. The van der Waals surface area contributed by atoms with Gasteiger partial charge in [-0.15, -0.1) is 0 Å². The second kappa shape index (κ2) is 9.34. The van der Waals surface area contributed by atoms with Crippen LogP contribution in [0.5, 0.6) is 16.7 Å². The van der Waals surface area contributed by atoms with Gasteiger partial charge >= 0.3 is 0 Å². The minimum atomic E-state index is -0.282. The van der Waals surface area contributed by atoms with Crippen LogP contribution >= 0.6 is 11.3 Å². The van der Waals surface area contributed by atoms with Crippen LogP contribution in [0.2, 0.25) is 0 Å². The van der Waals surface area contributed by atoms with Gasteiger partial charge < -0.3 is 19.1 Å². The molecule has 0 unspecified atom stereocenters. The van der Waals surface area contributed by atoms with Crippen molar-refractivity contribution in [2.24, 2.45) is 0 Å². The number of aromatic nitrogens is 1. The molecular weight excluding hydrogens is 419 g/mol. The van der Waals surface area contributed by atoms with Crippen LogP contribution in [0.15, 0.2) is 42.5 Å². The number of nitrogens with zero attached hydrogens (tertiary/aromatic N) is 2. The monoisotopic (exact) mass is 442 g/mol. The number of carbonyl (C=O) groups excluding carboxylic acids is 1. The zero-order valence-corrected chi connectivity index (χ0v) is 18.2. The summed E-state index contributed by atoms with van der Waals surface area (Å²) in [6.07, 6.45) is 4.78. The van der Waals surface area contributed by atoms with E-state index in [1.54, 1.807) is 32.4 Å². The van der Waals surface area contributed by atoms with E-state index in [1.165, 1.54) is 23.5 Å². The van der Waals surface area contributed by atoms with E-state index in [9.17, 15) is 9.18 Å². The molecule has 162 valence electrons. The quantitative estimate of drug-likeness (QED) is 0.525. The van der Waals surface area contributed by atoms with E-state index in [-0.39, 0.29) is 17.8 Å². The third-order valence-corrected chi connectivity index (χ3v) is 6.09. The highest BCUT2D eigenvalue weighted by atomic mass is 32.1. The van der Waals surface area contributed by atoms with Gasteiger partial charge in [0.25, 0.3) is 5.19 Å². The molecule has 0 radical (unpaired) electrons. The number of amides is 1. The molecule has 1 saturated heterocycles. The first-order chi connectivity index (χ1) is 15.1. The lowest BCUT2D eigenvalue weighted by molar-refractivity contribution is -0.127. The van der Waals surface area contributed by atoms with Crippen molar-refractivity contribution >= 4 is 33.5 Å². The highest BCUT2D eigenvalue weighted by Crippen LogP contribution is 2.30. The molecule has 1 aliphatic rings. The lowest BCUT2D eigenvalue weighted by atomic mass is 10.1. The smallest absolute Gasteiger partial charge is 0.274 e. The number of thiazole rings is 1. The lowest BCUT2D eigenvalue weighted by Gasteiger charge is -2.30. The molecule has 0 aliphatic carbocycles. The highest BCUT2D eigenvalue weighted by molar-refractivity contribution is 7.20. The molecule has 4 rings (SSSR count). The van der Waals surface area contributed by atoms with Gasteiger partial charge in [0.05, 0.1) is 24.4 Å². The molecule has 2 heterocycles. The van der Waals surface area contributed by atoms with Crippen molar-refractivity contribution in [3.05, 3.63) is 53.9 Å². The van der Waals surface area contributed by atoms with Crippen molar-refractivity contribution in [3.8, 4) is 16.7 Å². The summed E-state index contributed by atoms with van der Waals surface area (Å²) in [6, 6.07) is 10.0. The molecule has 0 N–H and O–H groups in total. The number of rotatable bonds is 6. The molecular formula is C23H23FN2O4S. The summed E-state index contributed by atoms with van der Waals surface area (Å²) in [5.41, 5.74) is 1.59. The standard InChI is InChI=1S/C23H23FN2O4S/c1-28-19-7-3-15(13-20(19)29-2)4-8-22(27)26-11-9-17(10-12-26)30-23-25-18-6-5-16(24)14-21(18)31-23/h3-8,13-14,17H,9-12H2,1-2H3/b8-4+. The average molecular weight is 443 g/mol. The summed E-state index contributed by atoms with van der Waals surface area (Å²) < 4.78 is 30.6. The van der Waals surface area contributed by atoms with Crippen molar-refractivity contribution < 1.29 is 23.4 Å². The molecule has 2 aromatic carbocycles. The molecule has 1 fully saturated rings. The Kier molecular flexibility index (Phi) is 6.36. The van der Waals surface area contributed by atoms with Gasteiger partial charge in [0.15, 0.2) is 11.5 Å². The number of carbonyl (C=O) groups is 1. The van der Waals surface area contributed by atoms with Crippen molar-refractivity contribution in [1.82, 2.24) is 9.88 Å². The van der Waals surface area contributed by atoms with E-state index < -0.39 is 0 Å². The van der Waals surface area contributed by atoms with Crippen molar-refractivity contribution in [2.45, 2.75) is 18.9 Å². The van der Waals surface area contributed by atoms with Gasteiger partial charge in [-0.3, -0.25) is 4.79 Å². The van der Waals surface area contributed by atoms with Crippen molar-refractivity contribution in [2.75, 3.05) is 27.3 Å². The van der Waals surface area contributed by atoms with E-state index >= 15 is 0 Å². The number of benzene rings is 2. The molecule has 3 aromatic rings. The Morgan fingerprint density at radius 1 is 1.13 bits per heavy atom. The van der Waals surface area contributed by atoms with E-state index in [4.69, 9.17) is 14.2 Å². The number of fused-ring (bicyclic) bond motifs is 1. The number of hydrogen-bond acceptors (Lipinski definition) is 6. The number of hydrogen-bond donors (Lipinski definition) is 0. The zero-order valence-electron chi connectivity index (χ0n) is 17.3. The van der Waals surface area contributed by atoms with Crippen LogP contribution in [-0.4, -0.2) is 49.2 Å². The minimum absolute atomic E-state index is 0.00992. The second-order valence-electron chi connectivity index (χ2n) is 7.18. The summed E-state index contributed by atoms with van der Waals surface area (Å²) in [5, 5.41) is 0.540. The molecule has 0 bridgehead atoms. The largest absolute Gasteiger partial charge is 0.493 e. The predicted molar refractivity (Wildman–Crippen MR) is 118 cm³/mol. The fraction of sp³-hybridized carbons (Fsp3) is 0.304. The summed E-state index contributed by atoms with van der Waals surface area (Å²) in [4.78, 5) is 18.8. The van der Waals surface area contributed by atoms with E-state index in [1.807, 2.05) is 23.1 Å². The number of likely N-dealkylation sites (tertiary alicyclic amines) is 1. The molecule has 1 aromatic heterocycles. The SMILES string of the molecule is COc1ccc(/C=C/C(=O)N2CCC(Oc3nc4ccc(F)cc4s3)CC2)cc1OC. The number of methoxy groups -OCH3 is 2. The summed E-state index contributed by atoms with van der Waals surface area (Å²) in [7, 11) is 3.16. The molecule has 1 aliphatic heterocycles. The number of halogens is 1. The highest BCUT2D eigenvalue weighted by Gasteiger charge is 2.23. The fourth-order valence-corrected chi connectivity index (χ4v) is 4.40. The summed E-state index contributed by atoms with van der Waals surface area (Å²) >= 11 is 1.34. The Balaban J connectivity index is 1.31. The Morgan fingerprint density at radius 3 is 2.65 bits per heavy atom. The molecule has 0 saturated carbocycles. The first kappa shape index (κ1) is 21.1. The molecule has 0 atom stereocenters. The molecule has 0 spiro atoms. The molecule has 6 nitrogen and oxygen atoms in total. The average Bonchev–Trinajstić information content (AvgIpc) is 3.18. The van der Waals surface area contributed by atoms with Gasteiger partial charge in [0, 0.05) is 32.0 Å². The molecule has 31 heavy (non-hydrogen) atoms. The van der Waals surface area contributed by atoms with Gasteiger partial charge in [-0.2, -0.15) is 0 Å². The summed E-state index contributed by atoms with van der Waals surface area (Å²) in [5.74, 6) is 0.943. The maximum atomic E-state index is 13.3. The zero-order chi connectivity index (χ0) is 21.8. The van der Waals surface area contributed by atoms with Crippen LogP contribution in [0.4, 0.5) is 4.39 Å². The number of piperidine rings is 1. The predicted octanol–water partition coefficient (Wildman–Crippen LogP) is 4.54. The van der Waals surface area contributed by atoms with Gasteiger partial charge in [-0.05, 0) is 42.0 Å². The topological polar surface area (TPSA) is 60.9 Å². The van der Waals surface area contributed by atoms with Crippen molar-refractivity contribution in [1.29, 1.82) is 0 Å². The van der Waals surface area contributed by atoms with E-state index in [0.717, 1.165) is 28.6 Å². The molecule has 1 amide bonds. The van der Waals surface area contributed by atoms with Crippen LogP contribution in [0.1, 0.15) is 18.4 Å². The molecule has 8 heteroatoms. The Hall–Kier alpha value is -3.13. The third-order valence-electron chi connectivity index (χ3n) is 5.18. The van der Waals surface area contributed by atoms with Crippen LogP contribution in [-0.2, 0) is 4.79 Å². The Labute approximate surface area is 183 Å². The maximum Gasteiger partial charge on any atom is 0.274 e. The first-order valence-corrected chi connectivity index (χ1v) is 10.8.